The lowest BCUT2D eigenvalue weighted by atomic mass is 9.87. The molecule has 0 heterocycles. The smallest absolute Gasteiger partial charge is 0.220 e. The summed E-state index contributed by atoms with van der Waals surface area (Å²) in [6, 6.07) is 7.67. The van der Waals surface area contributed by atoms with Gasteiger partial charge in [-0.1, -0.05) is 32.9 Å². The first-order valence-corrected chi connectivity index (χ1v) is 8.59. The highest BCUT2D eigenvalue weighted by Gasteiger charge is 2.30. The van der Waals surface area contributed by atoms with Crippen LogP contribution in [-0.2, 0) is 16.0 Å². The number of nitrogens with one attached hydrogen (secondary N) is 1. The van der Waals surface area contributed by atoms with Gasteiger partial charge in [-0.15, -0.1) is 0 Å². The first-order chi connectivity index (χ1) is 9.20. The van der Waals surface area contributed by atoms with E-state index in [1.165, 1.54) is 3.57 Å². The average molecular weight is 499 g/mol. The second kappa shape index (κ2) is 7.72. The van der Waals surface area contributed by atoms with Crippen LogP contribution in [0.15, 0.2) is 24.3 Å². The molecule has 0 radical (unpaired) electrons. The minimum atomic E-state index is -0.438. The van der Waals surface area contributed by atoms with Crippen LogP contribution < -0.4 is 5.32 Å². The third-order valence-electron chi connectivity index (χ3n) is 2.95. The molecule has 1 N–H and O–H groups in total. The Kier molecular flexibility index (Phi) is 6.90. The summed E-state index contributed by atoms with van der Waals surface area (Å²) < 4.78 is 1.15. The van der Waals surface area contributed by atoms with Crippen molar-refractivity contribution in [3.63, 3.8) is 0 Å². The molecule has 0 aliphatic rings. The number of hydrogen-bond acceptors (Lipinski definition) is 2. The summed E-state index contributed by atoms with van der Waals surface area (Å²) in [4.78, 5) is 23.6. The van der Waals surface area contributed by atoms with Crippen LogP contribution in [0.4, 0.5) is 0 Å². The van der Waals surface area contributed by atoms with Crippen molar-refractivity contribution in [2.24, 2.45) is 5.41 Å². The van der Waals surface area contributed by atoms with Gasteiger partial charge in [0.2, 0.25) is 9.70 Å². The minimum absolute atomic E-state index is 0.0299. The zero-order valence-corrected chi connectivity index (χ0v) is 16.2. The van der Waals surface area contributed by atoms with E-state index in [-0.39, 0.29) is 15.1 Å². The number of halogens is 2. The summed E-state index contributed by atoms with van der Waals surface area (Å²) in [5.74, 6) is -0.0755. The van der Waals surface area contributed by atoms with Crippen LogP contribution in [0, 0.1) is 8.99 Å². The number of benzene rings is 1. The van der Waals surface area contributed by atoms with E-state index in [0.717, 1.165) is 5.56 Å². The molecule has 0 saturated heterocycles. The molecule has 0 saturated carbocycles. The van der Waals surface area contributed by atoms with Crippen molar-refractivity contribution in [1.82, 2.24) is 5.32 Å². The van der Waals surface area contributed by atoms with Gasteiger partial charge in [0.05, 0.1) is 0 Å². The fraction of sp³-hybridized carbons (Fsp3) is 0.467. The molecular weight excluding hydrogens is 480 g/mol. The Bertz CT molecular complexity index is 478. The van der Waals surface area contributed by atoms with Gasteiger partial charge in [-0.2, -0.15) is 0 Å². The molecule has 0 aromatic heterocycles. The van der Waals surface area contributed by atoms with Crippen molar-refractivity contribution in [2.45, 2.75) is 39.7 Å². The molecule has 0 aliphatic carbocycles. The molecular formula is C15H19I2NO2. The lowest BCUT2D eigenvalue weighted by Gasteiger charge is -2.28. The van der Waals surface area contributed by atoms with E-state index < -0.39 is 6.04 Å². The van der Waals surface area contributed by atoms with E-state index in [1.54, 1.807) is 22.6 Å². The predicted molar refractivity (Wildman–Crippen MR) is 97.9 cm³/mol. The molecule has 1 atom stereocenters. The standard InChI is InChI=1S/C15H19I2NO2/c1-15(2,3)13(14(17)20)18-12(19)9-6-10-4-7-11(16)8-5-10/h4-5,7-8,13H,6,9H2,1-3H3,(H,18,19). The minimum Gasteiger partial charge on any atom is -0.345 e. The quantitative estimate of drug-likeness (QED) is 0.497. The fourth-order valence-electron chi connectivity index (χ4n) is 1.76. The zero-order chi connectivity index (χ0) is 15.3. The number of aryl methyl sites for hydroxylation is 1. The topological polar surface area (TPSA) is 46.2 Å². The van der Waals surface area contributed by atoms with Crippen molar-refractivity contribution in [3.05, 3.63) is 33.4 Å². The van der Waals surface area contributed by atoms with E-state index in [4.69, 9.17) is 0 Å². The fourth-order valence-corrected chi connectivity index (χ4v) is 3.21. The van der Waals surface area contributed by atoms with Crippen molar-refractivity contribution in [2.75, 3.05) is 0 Å². The molecule has 3 nitrogen and oxygen atoms in total. The van der Waals surface area contributed by atoms with Gasteiger partial charge in [0, 0.05) is 32.6 Å². The van der Waals surface area contributed by atoms with E-state index in [2.05, 4.69) is 27.9 Å². The molecule has 1 unspecified atom stereocenters. The second-order valence-electron chi connectivity index (χ2n) is 5.80. The number of carbonyl (C=O) groups is 2. The summed E-state index contributed by atoms with van der Waals surface area (Å²) in [5, 5.41) is 2.84. The molecule has 0 bridgehead atoms. The van der Waals surface area contributed by atoms with Crippen LogP contribution in [0.25, 0.3) is 0 Å². The second-order valence-corrected chi connectivity index (χ2v) is 8.11. The summed E-state index contributed by atoms with van der Waals surface area (Å²) in [5.41, 5.74) is 0.866. The molecule has 0 spiro atoms. The van der Waals surface area contributed by atoms with Crippen molar-refractivity contribution in [1.29, 1.82) is 0 Å². The van der Waals surface area contributed by atoms with Gasteiger partial charge in [-0.3, -0.25) is 9.59 Å². The summed E-state index contributed by atoms with van der Waals surface area (Å²) in [6.07, 6.45) is 1.09. The van der Waals surface area contributed by atoms with Gasteiger partial charge in [-0.05, 0) is 52.1 Å². The number of hydrogen-bond donors (Lipinski definition) is 1. The molecule has 20 heavy (non-hydrogen) atoms. The van der Waals surface area contributed by atoms with Crippen LogP contribution in [-0.4, -0.2) is 15.7 Å². The lowest BCUT2D eigenvalue weighted by molar-refractivity contribution is -0.126. The molecule has 1 amide bonds. The lowest BCUT2D eigenvalue weighted by Crippen LogP contribution is -2.47. The highest BCUT2D eigenvalue weighted by molar-refractivity contribution is 14.1. The van der Waals surface area contributed by atoms with Gasteiger partial charge in [0.25, 0.3) is 0 Å². The van der Waals surface area contributed by atoms with Gasteiger partial charge >= 0.3 is 0 Å². The first-order valence-electron chi connectivity index (χ1n) is 6.43. The highest BCUT2D eigenvalue weighted by atomic mass is 127. The normalized spacial score (nSPS) is 12.8. The van der Waals surface area contributed by atoms with Gasteiger partial charge in [-0.25, -0.2) is 0 Å². The number of carbonyl (C=O) groups excluding carboxylic acids is 2. The Balaban J connectivity index is 2.54. The Hall–Kier alpha value is -0.180. The van der Waals surface area contributed by atoms with E-state index in [0.29, 0.717) is 12.8 Å². The van der Waals surface area contributed by atoms with Crippen LogP contribution in [0.5, 0.6) is 0 Å². The summed E-state index contributed by atoms with van der Waals surface area (Å²) in [7, 11) is 0. The maximum absolute atomic E-state index is 12.0. The molecule has 1 rings (SSSR count). The van der Waals surface area contributed by atoms with Crippen LogP contribution in [0.2, 0.25) is 0 Å². The zero-order valence-electron chi connectivity index (χ0n) is 11.9. The maximum Gasteiger partial charge on any atom is 0.220 e. The van der Waals surface area contributed by atoms with Gasteiger partial charge in [0.15, 0.2) is 0 Å². The van der Waals surface area contributed by atoms with Gasteiger partial charge < -0.3 is 5.32 Å². The largest absolute Gasteiger partial charge is 0.345 e. The van der Waals surface area contributed by atoms with Crippen LogP contribution in [0.3, 0.4) is 0 Å². The number of rotatable bonds is 5. The number of amides is 1. The predicted octanol–water partition coefficient (Wildman–Crippen LogP) is 3.72. The maximum atomic E-state index is 12.0. The van der Waals surface area contributed by atoms with Crippen molar-refractivity contribution in [3.8, 4) is 0 Å². The summed E-state index contributed by atoms with van der Waals surface area (Å²) in [6.45, 7) is 5.86. The van der Waals surface area contributed by atoms with E-state index >= 15 is 0 Å². The van der Waals surface area contributed by atoms with Crippen LogP contribution >= 0.6 is 45.2 Å². The monoisotopic (exact) mass is 499 g/mol. The van der Waals surface area contributed by atoms with Crippen LogP contribution in [0.1, 0.15) is 32.8 Å². The Morgan fingerprint density at radius 1 is 1.20 bits per heavy atom. The molecule has 110 valence electrons. The van der Waals surface area contributed by atoms with E-state index in [9.17, 15) is 9.59 Å². The molecule has 0 aliphatic heterocycles. The third kappa shape index (κ3) is 6.07. The highest BCUT2D eigenvalue weighted by Crippen LogP contribution is 2.22. The molecule has 5 heteroatoms. The molecule has 0 fully saturated rings. The third-order valence-corrected chi connectivity index (χ3v) is 4.29. The van der Waals surface area contributed by atoms with E-state index in [1.807, 2.05) is 45.0 Å². The SMILES string of the molecule is CC(C)(C)C(NC(=O)CCc1ccc(I)cc1)C(=O)I. The molecule has 1 aromatic rings. The summed E-state index contributed by atoms with van der Waals surface area (Å²) >= 11 is 4.00. The Morgan fingerprint density at radius 2 is 1.75 bits per heavy atom. The first kappa shape index (κ1) is 17.9. The average Bonchev–Trinajstić information content (AvgIpc) is 2.33. The van der Waals surface area contributed by atoms with Gasteiger partial charge in [0.1, 0.15) is 6.04 Å². The Labute approximate surface area is 147 Å². The molecule has 1 aromatic carbocycles. The van der Waals surface area contributed by atoms with Crippen molar-refractivity contribution >= 4 is 54.9 Å². The Morgan fingerprint density at radius 3 is 2.20 bits per heavy atom. The van der Waals surface area contributed by atoms with Crippen molar-refractivity contribution < 1.29 is 9.59 Å².